The molecule has 0 saturated carbocycles. The standard InChI is InChI=1S/C17H18F3NO4/c1-15(2,3)25-14(23)21-8-16(9-21)7-12(22)11-5-4-10(17(18,19)20)6-13(11)24-16/h4-6H,7-9H2,1-3H3. The Balaban J connectivity index is 1.76. The van der Waals surface area contributed by atoms with Gasteiger partial charge in [0.2, 0.25) is 0 Å². The van der Waals surface area contributed by atoms with Crippen LogP contribution < -0.4 is 4.74 Å². The Bertz CT molecular complexity index is 730. The molecule has 0 bridgehead atoms. The van der Waals surface area contributed by atoms with Crippen LogP contribution in [0.1, 0.15) is 43.1 Å². The number of ether oxygens (including phenoxy) is 2. The number of alkyl halides is 3. The van der Waals surface area contributed by atoms with Crippen molar-refractivity contribution >= 4 is 11.9 Å². The predicted octanol–water partition coefficient (Wildman–Crippen LogP) is 3.66. The SMILES string of the molecule is CC(C)(C)OC(=O)N1CC2(CC(=O)c3ccc(C(F)(F)F)cc3O2)C1. The van der Waals surface area contributed by atoms with Crippen molar-refractivity contribution < 1.29 is 32.2 Å². The average Bonchev–Trinajstić information content (AvgIpc) is 2.41. The fraction of sp³-hybridized carbons (Fsp3) is 0.529. The molecule has 0 aliphatic carbocycles. The highest BCUT2D eigenvalue weighted by Crippen LogP contribution is 2.41. The number of nitrogens with zero attached hydrogens (tertiary/aromatic N) is 1. The summed E-state index contributed by atoms with van der Waals surface area (Å²) in [5, 5.41) is 0. The minimum absolute atomic E-state index is 0.0185. The van der Waals surface area contributed by atoms with E-state index in [0.29, 0.717) is 0 Å². The van der Waals surface area contributed by atoms with Gasteiger partial charge >= 0.3 is 12.3 Å². The first-order valence-corrected chi connectivity index (χ1v) is 7.80. The highest BCUT2D eigenvalue weighted by molar-refractivity contribution is 6.00. The second kappa shape index (κ2) is 5.37. The lowest BCUT2D eigenvalue weighted by Gasteiger charge is -2.50. The molecule has 0 unspecified atom stereocenters. The summed E-state index contributed by atoms with van der Waals surface area (Å²) in [4.78, 5) is 25.6. The lowest BCUT2D eigenvalue weighted by molar-refractivity contribution is -0.138. The van der Waals surface area contributed by atoms with E-state index in [1.807, 2.05) is 0 Å². The zero-order valence-corrected chi connectivity index (χ0v) is 14.1. The molecular formula is C17H18F3NO4. The molecule has 1 amide bonds. The van der Waals surface area contributed by atoms with Crippen molar-refractivity contribution in [3.63, 3.8) is 0 Å². The van der Waals surface area contributed by atoms with Gasteiger partial charge in [0.05, 0.1) is 30.6 Å². The lowest BCUT2D eigenvalue weighted by Crippen LogP contribution is -2.68. The largest absolute Gasteiger partial charge is 0.482 e. The number of fused-ring (bicyclic) bond motifs is 1. The van der Waals surface area contributed by atoms with Gasteiger partial charge in [0, 0.05) is 0 Å². The molecule has 1 spiro atoms. The van der Waals surface area contributed by atoms with Crippen LogP contribution >= 0.6 is 0 Å². The molecule has 0 atom stereocenters. The first-order valence-electron chi connectivity index (χ1n) is 7.80. The lowest BCUT2D eigenvalue weighted by atomic mass is 9.83. The van der Waals surface area contributed by atoms with E-state index in [2.05, 4.69) is 0 Å². The summed E-state index contributed by atoms with van der Waals surface area (Å²) in [5.74, 6) is -0.381. The van der Waals surface area contributed by atoms with Crippen molar-refractivity contribution in [2.45, 2.75) is 44.6 Å². The molecule has 3 rings (SSSR count). The van der Waals surface area contributed by atoms with E-state index in [0.717, 1.165) is 18.2 Å². The van der Waals surface area contributed by atoms with Gasteiger partial charge in [-0.25, -0.2) is 4.79 Å². The van der Waals surface area contributed by atoms with Gasteiger partial charge in [-0.15, -0.1) is 0 Å². The number of halogens is 3. The normalized spacial score (nSPS) is 19.1. The van der Waals surface area contributed by atoms with Crippen LogP contribution in [0.15, 0.2) is 18.2 Å². The van der Waals surface area contributed by atoms with Crippen molar-refractivity contribution in [1.82, 2.24) is 4.90 Å². The molecule has 1 aromatic rings. The summed E-state index contributed by atoms with van der Waals surface area (Å²) >= 11 is 0. The Hall–Kier alpha value is -2.25. The Kier molecular flexibility index (Phi) is 3.78. The minimum Gasteiger partial charge on any atom is -0.482 e. The molecule has 2 aliphatic rings. The fourth-order valence-corrected chi connectivity index (χ4v) is 2.95. The van der Waals surface area contributed by atoms with Crippen molar-refractivity contribution in [2.24, 2.45) is 0 Å². The summed E-state index contributed by atoms with van der Waals surface area (Å²) in [6, 6.07) is 2.84. The number of benzene rings is 1. The van der Waals surface area contributed by atoms with Crippen LogP contribution in [0.25, 0.3) is 0 Å². The quantitative estimate of drug-likeness (QED) is 0.711. The third-order valence-electron chi connectivity index (χ3n) is 4.03. The number of amides is 1. The zero-order valence-electron chi connectivity index (χ0n) is 14.1. The smallest absolute Gasteiger partial charge is 0.416 e. The monoisotopic (exact) mass is 357 g/mol. The van der Waals surface area contributed by atoms with Gasteiger partial charge < -0.3 is 9.47 Å². The van der Waals surface area contributed by atoms with Crippen molar-refractivity contribution in [3.05, 3.63) is 29.3 Å². The van der Waals surface area contributed by atoms with Gasteiger partial charge in [-0.1, -0.05) is 0 Å². The molecule has 2 heterocycles. The summed E-state index contributed by atoms with van der Waals surface area (Å²) in [6.07, 6.45) is -5.04. The number of carbonyl (C=O) groups is 2. The summed E-state index contributed by atoms with van der Waals surface area (Å²) in [5.41, 5.74) is -2.38. The number of ketones is 1. The van der Waals surface area contributed by atoms with Crippen LogP contribution in [0.3, 0.4) is 0 Å². The van der Waals surface area contributed by atoms with Gasteiger partial charge in [-0.2, -0.15) is 13.2 Å². The highest BCUT2D eigenvalue weighted by Gasteiger charge is 2.52. The van der Waals surface area contributed by atoms with Crippen LogP contribution in [0.4, 0.5) is 18.0 Å². The van der Waals surface area contributed by atoms with Gasteiger partial charge in [-0.3, -0.25) is 9.69 Å². The molecule has 2 aliphatic heterocycles. The number of rotatable bonds is 0. The maximum Gasteiger partial charge on any atom is 0.416 e. The number of carbonyl (C=O) groups excluding carboxylic acids is 2. The Morgan fingerprint density at radius 1 is 1.24 bits per heavy atom. The second-order valence-corrected chi connectivity index (χ2v) is 7.43. The topological polar surface area (TPSA) is 55.8 Å². The molecule has 0 N–H and O–H groups in total. The van der Waals surface area contributed by atoms with E-state index in [9.17, 15) is 22.8 Å². The Morgan fingerprint density at radius 3 is 2.44 bits per heavy atom. The maximum atomic E-state index is 12.9. The van der Waals surface area contributed by atoms with E-state index in [4.69, 9.17) is 9.47 Å². The van der Waals surface area contributed by atoms with E-state index in [1.54, 1.807) is 20.8 Å². The minimum atomic E-state index is -4.52. The van der Waals surface area contributed by atoms with Gasteiger partial charge in [0.1, 0.15) is 11.4 Å². The Morgan fingerprint density at radius 2 is 1.88 bits per heavy atom. The zero-order chi connectivity index (χ0) is 18.6. The van der Waals surface area contributed by atoms with Crippen LogP contribution in [-0.2, 0) is 10.9 Å². The number of Topliss-reactive ketones (excluding diaryl/α,β-unsaturated/α-hetero) is 1. The molecule has 1 aromatic carbocycles. The molecule has 1 saturated heterocycles. The van der Waals surface area contributed by atoms with Crippen molar-refractivity contribution in [3.8, 4) is 5.75 Å². The van der Waals surface area contributed by atoms with Gasteiger partial charge in [0.25, 0.3) is 0 Å². The maximum absolute atomic E-state index is 12.9. The first-order chi connectivity index (χ1) is 11.4. The molecule has 25 heavy (non-hydrogen) atoms. The fourth-order valence-electron chi connectivity index (χ4n) is 2.95. The van der Waals surface area contributed by atoms with E-state index in [-0.39, 0.29) is 36.6 Å². The molecule has 0 aromatic heterocycles. The number of hydrogen-bond acceptors (Lipinski definition) is 4. The molecule has 1 fully saturated rings. The first kappa shape index (κ1) is 17.6. The van der Waals surface area contributed by atoms with Crippen LogP contribution in [0.2, 0.25) is 0 Å². The number of likely N-dealkylation sites (tertiary alicyclic amines) is 1. The predicted molar refractivity (Wildman–Crippen MR) is 81.6 cm³/mol. The number of hydrogen-bond donors (Lipinski definition) is 0. The third-order valence-corrected chi connectivity index (χ3v) is 4.03. The van der Waals surface area contributed by atoms with Gasteiger partial charge in [-0.05, 0) is 39.0 Å². The summed E-state index contributed by atoms with van der Waals surface area (Å²) in [7, 11) is 0. The molecule has 136 valence electrons. The molecule has 8 heteroatoms. The summed E-state index contributed by atoms with van der Waals surface area (Å²) in [6.45, 7) is 5.40. The average molecular weight is 357 g/mol. The van der Waals surface area contributed by atoms with Gasteiger partial charge in [0.15, 0.2) is 11.4 Å². The van der Waals surface area contributed by atoms with Crippen molar-refractivity contribution in [2.75, 3.05) is 13.1 Å². The van der Waals surface area contributed by atoms with Crippen LogP contribution in [0.5, 0.6) is 5.75 Å². The second-order valence-electron chi connectivity index (χ2n) is 7.43. The Labute approximate surface area is 142 Å². The van der Waals surface area contributed by atoms with Crippen molar-refractivity contribution in [1.29, 1.82) is 0 Å². The molecule has 5 nitrogen and oxygen atoms in total. The van der Waals surface area contributed by atoms with Crippen LogP contribution in [0, 0.1) is 0 Å². The third kappa shape index (κ3) is 3.43. The molecule has 0 radical (unpaired) electrons. The van der Waals surface area contributed by atoms with E-state index in [1.165, 1.54) is 4.90 Å². The molecular weight excluding hydrogens is 339 g/mol. The van der Waals surface area contributed by atoms with E-state index < -0.39 is 29.0 Å². The summed E-state index contributed by atoms with van der Waals surface area (Å²) < 4.78 is 49.5. The highest BCUT2D eigenvalue weighted by atomic mass is 19.4. The van der Waals surface area contributed by atoms with Crippen LogP contribution in [-0.4, -0.2) is 41.1 Å². The van der Waals surface area contributed by atoms with E-state index >= 15 is 0 Å².